The Hall–Kier alpha value is -1.25. The van der Waals surface area contributed by atoms with Gasteiger partial charge >= 0.3 is 6.18 Å². The third-order valence-corrected chi connectivity index (χ3v) is 2.78. The highest BCUT2D eigenvalue weighted by Gasteiger charge is 2.30. The van der Waals surface area contributed by atoms with Crippen molar-refractivity contribution in [2.75, 3.05) is 13.1 Å². The molecule has 1 aromatic carbocycles. The molecule has 0 heterocycles. The minimum Gasteiger partial charge on any atom is -0.291 e. The van der Waals surface area contributed by atoms with Gasteiger partial charge in [-0.3, -0.25) is 4.90 Å². The Morgan fingerprint density at radius 1 is 1.39 bits per heavy atom. The van der Waals surface area contributed by atoms with Crippen molar-refractivity contribution >= 4 is 11.6 Å². The Kier molecular flexibility index (Phi) is 5.00. The number of nitriles is 1. The summed E-state index contributed by atoms with van der Waals surface area (Å²) in [6, 6.07) is 6.51. The van der Waals surface area contributed by atoms with Gasteiger partial charge in [-0.2, -0.15) is 18.4 Å². The van der Waals surface area contributed by atoms with Crippen LogP contribution in [-0.4, -0.2) is 24.2 Å². The average molecular weight is 277 g/mol. The van der Waals surface area contributed by atoms with E-state index < -0.39 is 12.7 Å². The summed E-state index contributed by atoms with van der Waals surface area (Å²) in [4.78, 5) is 1.24. The van der Waals surface area contributed by atoms with E-state index in [4.69, 9.17) is 16.9 Å². The van der Waals surface area contributed by atoms with Crippen molar-refractivity contribution in [3.05, 3.63) is 34.3 Å². The number of halogens is 4. The molecule has 0 saturated heterocycles. The summed E-state index contributed by atoms with van der Waals surface area (Å²) in [5, 5.41) is 8.98. The zero-order chi connectivity index (χ0) is 13.8. The van der Waals surface area contributed by atoms with Crippen LogP contribution in [0.2, 0.25) is 5.02 Å². The van der Waals surface area contributed by atoms with Crippen LogP contribution in [0.3, 0.4) is 0 Å². The minimum atomic E-state index is -4.23. The lowest BCUT2D eigenvalue weighted by atomic mass is 10.1. The molecule has 0 amide bonds. The Morgan fingerprint density at radius 3 is 2.50 bits per heavy atom. The third kappa shape index (κ3) is 4.55. The third-order valence-electron chi connectivity index (χ3n) is 2.43. The predicted octanol–water partition coefficient (Wildman–Crippen LogP) is 3.60. The quantitative estimate of drug-likeness (QED) is 0.840. The second-order valence-corrected chi connectivity index (χ2v) is 4.24. The van der Waals surface area contributed by atoms with Crippen molar-refractivity contribution in [1.82, 2.24) is 4.90 Å². The van der Waals surface area contributed by atoms with Gasteiger partial charge in [0.1, 0.15) is 0 Å². The van der Waals surface area contributed by atoms with E-state index in [1.807, 2.05) is 6.07 Å². The molecular formula is C12H12ClF3N2. The smallest absolute Gasteiger partial charge is 0.291 e. The summed E-state index contributed by atoms with van der Waals surface area (Å²) < 4.78 is 36.9. The fourth-order valence-corrected chi connectivity index (χ4v) is 1.76. The molecule has 0 N–H and O–H groups in total. The van der Waals surface area contributed by atoms with Crippen LogP contribution in [0.1, 0.15) is 18.1 Å². The normalized spacial score (nSPS) is 11.6. The van der Waals surface area contributed by atoms with Gasteiger partial charge in [-0.05, 0) is 24.2 Å². The largest absolute Gasteiger partial charge is 0.401 e. The van der Waals surface area contributed by atoms with Crippen molar-refractivity contribution in [1.29, 1.82) is 5.26 Å². The molecule has 0 saturated carbocycles. The van der Waals surface area contributed by atoms with Gasteiger partial charge in [-0.25, -0.2) is 0 Å². The molecule has 0 spiro atoms. The van der Waals surface area contributed by atoms with Gasteiger partial charge in [0.25, 0.3) is 0 Å². The topological polar surface area (TPSA) is 27.0 Å². The minimum absolute atomic E-state index is 0.112. The number of hydrogen-bond acceptors (Lipinski definition) is 2. The molecule has 0 radical (unpaired) electrons. The van der Waals surface area contributed by atoms with Crippen molar-refractivity contribution in [3.8, 4) is 6.07 Å². The molecule has 2 nitrogen and oxygen atoms in total. The summed E-state index contributed by atoms with van der Waals surface area (Å²) in [6.45, 7) is 1.07. The van der Waals surface area contributed by atoms with E-state index in [1.165, 1.54) is 11.0 Å². The predicted molar refractivity (Wildman–Crippen MR) is 63.2 cm³/mol. The molecule has 0 aliphatic carbocycles. The van der Waals surface area contributed by atoms with Crippen LogP contribution in [0.4, 0.5) is 13.2 Å². The van der Waals surface area contributed by atoms with Crippen LogP contribution in [0, 0.1) is 11.3 Å². The summed E-state index contributed by atoms with van der Waals surface area (Å²) in [6.07, 6.45) is -4.23. The van der Waals surface area contributed by atoms with Gasteiger partial charge in [-0.1, -0.05) is 24.6 Å². The van der Waals surface area contributed by atoms with Crippen LogP contribution in [-0.2, 0) is 6.54 Å². The first-order chi connectivity index (χ1) is 8.35. The van der Waals surface area contributed by atoms with Crippen molar-refractivity contribution in [2.45, 2.75) is 19.6 Å². The van der Waals surface area contributed by atoms with E-state index in [9.17, 15) is 13.2 Å². The van der Waals surface area contributed by atoms with Gasteiger partial charge in [0.15, 0.2) is 0 Å². The number of rotatable bonds is 4. The molecule has 0 aliphatic rings. The van der Waals surface area contributed by atoms with Crippen LogP contribution in [0.5, 0.6) is 0 Å². The van der Waals surface area contributed by atoms with E-state index in [0.29, 0.717) is 16.1 Å². The Bertz CT molecular complexity index is 452. The van der Waals surface area contributed by atoms with Gasteiger partial charge in [-0.15, -0.1) is 0 Å². The average Bonchev–Trinajstić information content (AvgIpc) is 2.28. The van der Waals surface area contributed by atoms with Crippen molar-refractivity contribution in [2.24, 2.45) is 0 Å². The number of hydrogen-bond donors (Lipinski definition) is 0. The van der Waals surface area contributed by atoms with Gasteiger partial charge in [0.05, 0.1) is 18.2 Å². The van der Waals surface area contributed by atoms with E-state index in [2.05, 4.69) is 0 Å². The van der Waals surface area contributed by atoms with E-state index in [1.54, 1.807) is 19.1 Å². The van der Waals surface area contributed by atoms with Gasteiger partial charge in [0, 0.05) is 11.6 Å². The molecule has 0 unspecified atom stereocenters. The maximum absolute atomic E-state index is 12.3. The summed E-state index contributed by atoms with van der Waals surface area (Å²) >= 11 is 5.92. The molecule has 18 heavy (non-hydrogen) atoms. The second-order valence-electron chi connectivity index (χ2n) is 3.84. The first-order valence-corrected chi connectivity index (χ1v) is 5.71. The Labute approximate surface area is 109 Å². The molecule has 0 atom stereocenters. The number of nitrogens with zero attached hydrogens (tertiary/aromatic N) is 2. The molecule has 6 heteroatoms. The lowest BCUT2D eigenvalue weighted by molar-refractivity contribution is -0.146. The monoisotopic (exact) mass is 276 g/mol. The van der Waals surface area contributed by atoms with Gasteiger partial charge < -0.3 is 0 Å². The summed E-state index contributed by atoms with van der Waals surface area (Å²) in [5.74, 6) is 0. The fraction of sp³-hybridized carbons (Fsp3) is 0.417. The van der Waals surface area contributed by atoms with E-state index in [-0.39, 0.29) is 13.1 Å². The number of alkyl halides is 3. The molecule has 98 valence electrons. The maximum Gasteiger partial charge on any atom is 0.401 e. The molecule has 0 bridgehead atoms. The fourth-order valence-electron chi connectivity index (χ4n) is 1.52. The molecular weight excluding hydrogens is 265 g/mol. The lowest BCUT2D eigenvalue weighted by Crippen LogP contribution is -2.33. The zero-order valence-corrected chi connectivity index (χ0v) is 10.5. The zero-order valence-electron chi connectivity index (χ0n) is 9.76. The van der Waals surface area contributed by atoms with E-state index >= 15 is 0 Å². The maximum atomic E-state index is 12.3. The Balaban J connectivity index is 2.80. The standard InChI is InChI=1S/C12H12ClF3N2/c1-2-18(8-12(14,15)16)7-10-4-3-9(6-17)5-11(10)13/h3-5H,2,7-8H2,1H3. The highest BCUT2D eigenvalue weighted by molar-refractivity contribution is 6.31. The molecule has 1 rings (SSSR count). The van der Waals surface area contributed by atoms with Crippen LogP contribution in [0.15, 0.2) is 18.2 Å². The van der Waals surface area contributed by atoms with Crippen LogP contribution in [0.25, 0.3) is 0 Å². The first kappa shape index (κ1) is 14.8. The van der Waals surface area contributed by atoms with Crippen LogP contribution >= 0.6 is 11.6 Å². The Morgan fingerprint density at radius 2 is 2.06 bits per heavy atom. The molecule has 0 aromatic heterocycles. The molecule has 1 aromatic rings. The summed E-state index contributed by atoms with van der Waals surface area (Å²) in [7, 11) is 0. The van der Waals surface area contributed by atoms with Crippen LogP contribution < -0.4 is 0 Å². The highest BCUT2D eigenvalue weighted by Crippen LogP contribution is 2.22. The first-order valence-electron chi connectivity index (χ1n) is 5.33. The second kappa shape index (κ2) is 6.07. The lowest BCUT2D eigenvalue weighted by Gasteiger charge is -2.22. The molecule has 0 fully saturated rings. The summed E-state index contributed by atoms with van der Waals surface area (Å²) in [5.41, 5.74) is 0.976. The highest BCUT2D eigenvalue weighted by atomic mass is 35.5. The number of benzene rings is 1. The SMILES string of the molecule is CCN(Cc1ccc(C#N)cc1Cl)CC(F)(F)F. The van der Waals surface area contributed by atoms with Crippen molar-refractivity contribution in [3.63, 3.8) is 0 Å². The molecule has 0 aliphatic heterocycles. The van der Waals surface area contributed by atoms with Gasteiger partial charge in [0.2, 0.25) is 0 Å². The van der Waals surface area contributed by atoms with E-state index in [0.717, 1.165) is 0 Å². The van der Waals surface area contributed by atoms with Crippen molar-refractivity contribution < 1.29 is 13.2 Å².